The van der Waals surface area contributed by atoms with Gasteiger partial charge >= 0.3 is 0 Å². The number of hydrogen-bond donors (Lipinski definition) is 1. The molecule has 0 aliphatic heterocycles. The Kier molecular flexibility index (Phi) is 5.12. The van der Waals surface area contributed by atoms with Gasteiger partial charge in [-0.1, -0.05) is 13.0 Å². The van der Waals surface area contributed by atoms with Gasteiger partial charge in [0.05, 0.1) is 0 Å². The zero-order valence-corrected chi connectivity index (χ0v) is 10.1. The summed E-state index contributed by atoms with van der Waals surface area (Å²) in [6.07, 6.45) is 1.71. The third kappa shape index (κ3) is 3.84. The summed E-state index contributed by atoms with van der Waals surface area (Å²) in [5.41, 5.74) is 6.48. The van der Waals surface area contributed by atoms with Crippen LogP contribution in [0.25, 0.3) is 0 Å². The molecule has 0 saturated heterocycles. The topological polar surface area (TPSA) is 26.0 Å². The standard InChI is InChI=1S/C12H18FNS/c1-3-7-15-12-6-4-5-11(13)10(12)8-9(2)14/h4-6,9H,3,7-8,14H2,1-2H3. The first-order valence-electron chi connectivity index (χ1n) is 5.31. The average molecular weight is 227 g/mol. The summed E-state index contributed by atoms with van der Waals surface area (Å²) in [6, 6.07) is 5.25. The van der Waals surface area contributed by atoms with E-state index in [-0.39, 0.29) is 11.9 Å². The molecule has 15 heavy (non-hydrogen) atoms. The molecule has 1 rings (SSSR count). The van der Waals surface area contributed by atoms with Crippen LogP contribution >= 0.6 is 11.8 Å². The van der Waals surface area contributed by atoms with E-state index in [0.29, 0.717) is 6.42 Å². The Morgan fingerprint density at radius 3 is 2.80 bits per heavy atom. The van der Waals surface area contributed by atoms with Gasteiger partial charge in [0.2, 0.25) is 0 Å². The van der Waals surface area contributed by atoms with Crippen molar-refractivity contribution in [2.75, 3.05) is 5.75 Å². The summed E-state index contributed by atoms with van der Waals surface area (Å²) in [5, 5.41) is 0. The lowest BCUT2D eigenvalue weighted by molar-refractivity contribution is 0.588. The van der Waals surface area contributed by atoms with Gasteiger partial charge in [-0.2, -0.15) is 0 Å². The number of hydrogen-bond acceptors (Lipinski definition) is 2. The highest BCUT2D eigenvalue weighted by Crippen LogP contribution is 2.26. The maximum absolute atomic E-state index is 13.6. The van der Waals surface area contributed by atoms with Gasteiger partial charge in [0, 0.05) is 16.5 Å². The van der Waals surface area contributed by atoms with Crippen molar-refractivity contribution in [1.82, 2.24) is 0 Å². The Labute approximate surface area is 95.2 Å². The summed E-state index contributed by atoms with van der Waals surface area (Å²) >= 11 is 1.71. The molecular weight excluding hydrogens is 209 g/mol. The van der Waals surface area contributed by atoms with Crippen LogP contribution in [0.1, 0.15) is 25.8 Å². The van der Waals surface area contributed by atoms with Gasteiger partial charge in [0.25, 0.3) is 0 Å². The van der Waals surface area contributed by atoms with Crippen molar-refractivity contribution in [2.45, 2.75) is 37.6 Å². The molecule has 0 radical (unpaired) electrons. The lowest BCUT2D eigenvalue weighted by Crippen LogP contribution is -2.19. The van der Waals surface area contributed by atoms with E-state index in [1.807, 2.05) is 13.0 Å². The number of rotatable bonds is 5. The molecule has 0 fully saturated rings. The Morgan fingerprint density at radius 2 is 2.20 bits per heavy atom. The number of benzene rings is 1. The highest BCUT2D eigenvalue weighted by atomic mass is 32.2. The Balaban J connectivity index is 2.87. The zero-order chi connectivity index (χ0) is 11.3. The van der Waals surface area contributed by atoms with Crippen LogP contribution in [0.15, 0.2) is 23.1 Å². The predicted molar refractivity (Wildman–Crippen MR) is 64.8 cm³/mol. The maximum Gasteiger partial charge on any atom is 0.127 e. The van der Waals surface area contributed by atoms with Gasteiger partial charge in [-0.25, -0.2) is 4.39 Å². The summed E-state index contributed by atoms with van der Waals surface area (Å²) < 4.78 is 13.6. The van der Waals surface area contributed by atoms with Crippen LogP contribution in [0.2, 0.25) is 0 Å². The van der Waals surface area contributed by atoms with Gasteiger partial charge in [0.1, 0.15) is 5.82 Å². The molecule has 0 amide bonds. The fourth-order valence-electron chi connectivity index (χ4n) is 1.41. The molecule has 0 aliphatic rings. The van der Waals surface area contributed by atoms with E-state index in [9.17, 15) is 4.39 Å². The lowest BCUT2D eigenvalue weighted by Gasteiger charge is -2.11. The van der Waals surface area contributed by atoms with Gasteiger partial charge in [0.15, 0.2) is 0 Å². The highest BCUT2D eigenvalue weighted by molar-refractivity contribution is 7.99. The largest absolute Gasteiger partial charge is 0.328 e. The van der Waals surface area contributed by atoms with Crippen LogP contribution in [-0.2, 0) is 6.42 Å². The van der Waals surface area contributed by atoms with E-state index in [1.165, 1.54) is 6.07 Å². The Bertz CT molecular complexity index is 312. The first-order chi connectivity index (χ1) is 7.15. The van der Waals surface area contributed by atoms with Gasteiger partial charge < -0.3 is 5.73 Å². The van der Waals surface area contributed by atoms with Crippen molar-refractivity contribution < 1.29 is 4.39 Å². The second-order valence-corrected chi connectivity index (χ2v) is 4.88. The molecule has 0 saturated carbocycles. The highest BCUT2D eigenvalue weighted by Gasteiger charge is 2.10. The van der Waals surface area contributed by atoms with Crippen LogP contribution < -0.4 is 5.73 Å². The molecule has 0 bridgehead atoms. The van der Waals surface area contributed by atoms with Gasteiger partial charge in [-0.3, -0.25) is 0 Å². The normalized spacial score (nSPS) is 12.8. The van der Waals surface area contributed by atoms with Crippen LogP contribution in [0.4, 0.5) is 4.39 Å². The van der Waals surface area contributed by atoms with Crippen LogP contribution in [-0.4, -0.2) is 11.8 Å². The average Bonchev–Trinajstić information content (AvgIpc) is 2.18. The molecule has 0 aromatic heterocycles. The monoisotopic (exact) mass is 227 g/mol. The summed E-state index contributed by atoms with van der Waals surface area (Å²) in [4.78, 5) is 1.04. The summed E-state index contributed by atoms with van der Waals surface area (Å²) in [6.45, 7) is 4.03. The molecular formula is C12H18FNS. The minimum absolute atomic E-state index is 0.00266. The van der Waals surface area contributed by atoms with Crippen LogP contribution in [0, 0.1) is 5.82 Å². The molecule has 0 heterocycles. The molecule has 1 nitrogen and oxygen atoms in total. The van der Waals surface area contributed by atoms with Crippen molar-refractivity contribution in [3.63, 3.8) is 0 Å². The molecule has 2 N–H and O–H groups in total. The molecule has 0 aliphatic carbocycles. The zero-order valence-electron chi connectivity index (χ0n) is 9.29. The molecule has 84 valence electrons. The van der Waals surface area contributed by atoms with E-state index in [1.54, 1.807) is 17.8 Å². The van der Waals surface area contributed by atoms with Gasteiger partial charge in [-0.15, -0.1) is 11.8 Å². The van der Waals surface area contributed by atoms with Crippen molar-refractivity contribution in [3.05, 3.63) is 29.6 Å². The van der Waals surface area contributed by atoms with Crippen molar-refractivity contribution in [3.8, 4) is 0 Å². The van der Waals surface area contributed by atoms with E-state index in [2.05, 4.69) is 6.92 Å². The third-order valence-electron chi connectivity index (χ3n) is 2.06. The fraction of sp³-hybridized carbons (Fsp3) is 0.500. The van der Waals surface area contributed by atoms with E-state index < -0.39 is 0 Å². The molecule has 1 aromatic rings. The van der Waals surface area contributed by atoms with E-state index in [0.717, 1.165) is 22.6 Å². The van der Waals surface area contributed by atoms with Crippen molar-refractivity contribution in [2.24, 2.45) is 5.73 Å². The van der Waals surface area contributed by atoms with E-state index >= 15 is 0 Å². The molecule has 1 aromatic carbocycles. The minimum atomic E-state index is -0.131. The van der Waals surface area contributed by atoms with Crippen LogP contribution in [0.5, 0.6) is 0 Å². The van der Waals surface area contributed by atoms with Crippen molar-refractivity contribution in [1.29, 1.82) is 0 Å². The van der Waals surface area contributed by atoms with Crippen LogP contribution in [0.3, 0.4) is 0 Å². The summed E-state index contributed by atoms with van der Waals surface area (Å²) in [7, 11) is 0. The first kappa shape index (κ1) is 12.5. The predicted octanol–water partition coefficient (Wildman–Crippen LogP) is 3.22. The quantitative estimate of drug-likeness (QED) is 0.782. The first-order valence-corrected chi connectivity index (χ1v) is 6.29. The fourth-order valence-corrected chi connectivity index (χ4v) is 2.36. The molecule has 3 heteroatoms. The minimum Gasteiger partial charge on any atom is -0.328 e. The van der Waals surface area contributed by atoms with Gasteiger partial charge in [-0.05, 0) is 37.7 Å². The second-order valence-electron chi connectivity index (χ2n) is 3.75. The second kappa shape index (κ2) is 6.13. The molecule has 0 spiro atoms. The smallest absolute Gasteiger partial charge is 0.127 e. The lowest BCUT2D eigenvalue weighted by atomic mass is 10.1. The number of halogens is 1. The van der Waals surface area contributed by atoms with E-state index in [4.69, 9.17) is 5.73 Å². The molecule has 1 unspecified atom stereocenters. The Morgan fingerprint density at radius 1 is 1.47 bits per heavy atom. The maximum atomic E-state index is 13.6. The third-order valence-corrected chi connectivity index (χ3v) is 3.37. The summed E-state index contributed by atoms with van der Waals surface area (Å²) in [5.74, 6) is 0.892. The van der Waals surface area contributed by atoms with Crippen molar-refractivity contribution >= 4 is 11.8 Å². The molecule has 1 atom stereocenters. The Hall–Kier alpha value is -0.540. The SMILES string of the molecule is CCCSc1cccc(F)c1CC(C)N. The number of nitrogens with two attached hydrogens (primary N) is 1. The number of thioether (sulfide) groups is 1.